The Kier molecular flexibility index (Phi) is 16.1. The van der Waals surface area contributed by atoms with Crippen molar-refractivity contribution in [3.63, 3.8) is 0 Å². The van der Waals surface area contributed by atoms with Crippen molar-refractivity contribution in [1.82, 2.24) is 15.3 Å². The number of halogens is 1. The molecule has 6 nitrogen and oxygen atoms in total. The minimum atomic E-state index is -0.228. The molecule has 0 spiro atoms. The van der Waals surface area contributed by atoms with Crippen molar-refractivity contribution in [1.29, 1.82) is 0 Å². The molecular weight excluding hydrogens is 670 g/mol. The molecule has 0 amide bonds. The van der Waals surface area contributed by atoms with Crippen LogP contribution in [0.5, 0.6) is 0 Å². The summed E-state index contributed by atoms with van der Waals surface area (Å²) in [6.07, 6.45) is 13.7. The van der Waals surface area contributed by atoms with E-state index in [1.165, 1.54) is 88.8 Å². The minimum absolute atomic E-state index is 0.228. The second-order valence-electron chi connectivity index (χ2n) is 13.9. The molecule has 0 saturated carbocycles. The van der Waals surface area contributed by atoms with Crippen LogP contribution < -0.4 is 5.32 Å². The van der Waals surface area contributed by atoms with Gasteiger partial charge >= 0.3 is 0 Å². The summed E-state index contributed by atoms with van der Waals surface area (Å²) in [5.41, 5.74) is 12.7. The highest BCUT2D eigenvalue weighted by atomic mass is 19.1. The van der Waals surface area contributed by atoms with E-state index >= 15 is 0 Å². The Morgan fingerprint density at radius 1 is 0.741 bits per heavy atom. The van der Waals surface area contributed by atoms with E-state index in [2.05, 4.69) is 114 Å². The van der Waals surface area contributed by atoms with Crippen LogP contribution in [0, 0.1) is 25.6 Å². The molecule has 0 unspecified atom stereocenters. The molecule has 1 fully saturated rings. The van der Waals surface area contributed by atoms with Crippen LogP contribution in [-0.4, -0.2) is 55.4 Å². The number of piperidine rings is 1. The van der Waals surface area contributed by atoms with Crippen molar-refractivity contribution in [2.75, 3.05) is 27.2 Å². The lowest BCUT2D eigenvalue weighted by molar-refractivity contribution is -0.116. The van der Waals surface area contributed by atoms with Gasteiger partial charge in [-0.25, -0.2) is 4.39 Å². The van der Waals surface area contributed by atoms with Gasteiger partial charge in [-0.05, 0) is 134 Å². The first kappa shape index (κ1) is 41.6. The van der Waals surface area contributed by atoms with E-state index < -0.39 is 0 Å². The number of carbonyl (C=O) groups excluding carboxylic acids is 1. The van der Waals surface area contributed by atoms with Gasteiger partial charge < -0.3 is 20.1 Å². The van der Waals surface area contributed by atoms with Crippen LogP contribution >= 0.6 is 0 Å². The third kappa shape index (κ3) is 11.4. The van der Waals surface area contributed by atoms with E-state index in [1.807, 2.05) is 38.7 Å². The monoisotopic (exact) mass is 727 g/mol. The van der Waals surface area contributed by atoms with Gasteiger partial charge in [-0.3, -0.25) is 9.98 Å². The Morgan fingerprint density at radius 2 is 1.24 bits per heavy atom. The first-order chi connectivity index (χ1) is 26.1. The van der Waals surface area contributed by atoms with Crippen LogP contribution in [0.1, 0.15) is 81.2 Å². The van der Waals surface area contributed by atoms with E-state index in [9.17, 15) is 9.18 Å². The predicted octanol–water partition coefficient (Wildman–Crippen LogP) is 11.5. The Morgan fingerprint density at radius 3 is 1.69 bits per heavy atom. The zero-order chi connectivity index (χ0) is 39.0. The maximum Gasteiger partial charge on any atom is 0.129 e. The Balaban J connectivity index is 0.000000182. The van der Waals surface area contributed by atoms with Gasteiger partial charge in [-0.15, -0.1) is 0 Å². The topological polar surface area (TPSA) is 85.4 Å². The first-order valence-electron chi connectivity index (χ1n) is 19.2. The smallest absolute Gasteiger partial charge is 0.129 e. The first-order valence-corrected chi connectivity index (χ1v) is 19.2. The summed E-state index contributed by atoms with van der Waals surface area (Å²) in [6, 6.07) is 24.3. The molecule has 1 aliphatic rings. The number of aliphatic imine (C=N–C) groups is 2. The number of aromatic nitrogens is 2. The van der Waals surface area contributed by atoms with Gasteiger partial charge in [-0.1, -0.05) is 63.6 Å². The molecule has 1 aliphatic heterocycles. The largest absolute Gasteiger partial charge is 0.361 e. The number of hydrogen-bond acceptors (Lipinski definition) is 4. The van der Waals surface area contributed by atoms with Gasteiger partial charge in [-0.2, -0.15) is 0 Å². The molecule has 7 rings (SSSR count). The Labute approximate surface area is 321 Å². The predicted molar refractivity (Wildman–Crippen MR) is 230 cm³/mol. The van der Waals surface area contributed by atoms with E-state index in [1.54, 1.807) is 14.0 Å². The Hall–Kier alpha value is -5.14. The molecule has 3 heterocycles. The lowest BCUT2D eigenvalue weighted by Gasteiger charge is -2.20. The van der Waals surface area contributed by atoms with Gasteiger partial charge in [0.15, 0.2) is 0 Å². The normalized spacial score (nSPS) is 13.0. The van der Waals surface area contributed by atoms with Crippen molar-refractivity contribution >= 4 is 40.0 Å². The SMILES string of the molecule is CCC(C)=O.CCC1CCNCC1.CCc1ccc2c(-c3ccc(C)c(C=NC)c3)c[nH]c2c1.CN=Cc1cc(-c2c[nH]c3cc(F)ccc23)ccc1C. The number of nitrogens with zero attached hydrogens (tertiary/aromatic N) is 2. The molecule has 7 heteroatoms. The van der Waals surface area contributed by atoms with Crippen molar-refractivity contribution in [3.8, 4) is 22.3 Å². The van der Waals surface area contributed by atoms with Crippen molar-refractivity contribution in [2.24, 2.45) is 15.9 Å². The second kappa shape index (κ2) is 20.9. The fourth-order valence-corrected chi connectivity index (χ4v) is 6.43. The number of carbonyl (C=O) groups is 1. The number of aromatic amines is 2. The van der Waals surface area contributed by atoms with E-state index in [0.717, 1.165) is 39.9 Å². The quantitative estimate of drug-likeness (QED) is 0.143. The number of Topliss-reactive ketones (excluding diaryl/α,β-unsaturated/α-hetero) is 1. The zero-order valence-corrected chi connectivity index (χ0v) is 33.4. The minimum Gasteiger partial charge on any atom is -0.361 e. The van der Waals surface area contributed by atoms with Gasteiger partial charge in [0.05, 0.1) is 0 Å². The average Bonchev–Trinajstić information content (AvgIpc) is 3.82. The average molecular weight is 728 g/mol. The molecule has 0 atom stereocenters. The van der Waals surface area contributed by atoms with Gasteiger partial charge in [0, 0.05) is 78.3 Å². The summed E-state index contributed by atoms with van der Waals surface area (Å²) in [5.74, 6) is 1.05. The van der Waals surface area contributed by atoms with Crippen LogP contribution in [0.4, 0.5) is 4.39 Å². The molecule has 284 valence electrons. The fraction of sp³-hybridized carbons (Fsp3) is 0.340. The summed E-state index contributed by atoms with van der Waals surface area (Å²) >= 11 is 0. The van der Waals surface area contributed by atoms with Gasteiger partial charge in [0.2, 0.25) is 0 Å². The molecule has 3 N–H and O–H groups in total. The zero-order valence-electron chi connectivity index (χ0n) is 33.4. The summed E-state index contributed by atoms with van der Waals surface area (Å²) < 4.78 is 13.2. The van der Waals surface area contributed by atoms with Crippen LogP contribution in [0.15, 0.2) is 95.2 Å². The maximum absolute atomic E-state index is 13.2. The number of aryl methyl sites for hydroxylation is 3. The molecule has 4 aromatic carbocycles. The van der Waals surface area contributed by atoms with Crippen LogP contribution in [0.3, 0.4) is 0 Å². The molecule has 2 aromatic heterocycles. The fourth-order valence-electron chi connectivity index (χ4n) is 6.43. The van der Waals surface area contributed by atoms with Crippen LogP contribution in [0.25, 0.3) is 44.1 Å². The number of rotatable bonds is 7. The van der Waals surface area contributed by atoms with E-state index in [4.69, 9.17) is 0 Å². The highest BCUT2D eigenvalue weighted by Crippen LogP contribution is 2.31. The summed E-state index contributed by atoms with van der Waals surface area (Å²) in [4.78, 5) is 24.5. The van der Waals surface area contributed by atoms with E-state index in [-0.39, 0.29) is 11.6 Å². The Bertz CT molecular complexity index is 2170. The van der Waals surface area contributed by atoms with Crippen molar-refractivity contribution in [2.45, 2.75) is 73.6 Å². The number of hydrogen-bond donors (Lipinski definition) is 3. The number of H-pyrrole nitrogens is 2. The highest BCUT2D eigenvalue weighted by molar-refractivity contribution is 5.98. The molecular formula is C47H58FN5O. The highest BCUT2D eigenvalue weighted by Gasteiger charge is 2.11. The van der Waals surface area contributed by atoms with Gasteiger partial charge in [0.25, 0.3) is 0 Å². The standard InChI is InChI=1S/C19H20N2.C17H15FN2.C7H15N.C4H8O/c1-4-14-6-8-17-18(12-21-19(17)9-14)15-7-5-13(2)16(10-15)11-20-3;1-11-3-4-12(7-13(11)9-19-2)16-10-20-17-8-14(18)5-6-15(16)17;1-2-7-3-5-8-6-4-7;1-3-4(2)5/h5-12,21H,4H2,1-3H3;3-10,20H,1-2H3;7-8H,2-6H2,1H3;3H2,1-2H3. The second-order valence-corrected chi connectivity index (χ2v) is 13.9. The summed E-state index contributed by atoms with van der Waals surface area (Å²) in [6.45, 7) is 14.6. The van der Waals surface area contributed by atoms with Gasteiger partial charge in [0.1, 0.15) is 11.6 Å². The molecule has 0 aliphatic carbocycles. The third-order valence-corrected chi connectivity index (χ3v) is 10.0. The molecule has 0 radical (unpaired) electrons. The summed E-state index contributed by atoms with van der Waals surface area (Å²) in [7, 11) is 3.57. The number of nitrogens with one attached hydrogen (secondary N) is 3. The van der Waals surface area contributed by atoms with Crippen molar-refractivity contribution in [3.05, 3.63) is 119 Å². The lowest BCUT2D eigenvalue weighted by atomic mass is 9.96. The number of fused-ring (bicyclic) bond motifs is 2. The molecule has 6 aromatic rings. The number of benzene rings is 4. The lowest BCUT2D eigenvalue weighted by Crippen LogP contribution is -2.27. The third-order valence-electron chi connectivity index (χ3n) is 10.0. The summed E-state index contributed by atoms with van der Waals surface area (Å²) in [5, 5.41) is 5.65. The molecule has 1 saturated heterocycles. The van der Waals surface area contributed by atoms with E-state index in [0.29, 0.717) is 6.42 Å². The van der Waals surface area contributed by atoms with Crippen LogP contribution in [-0.2, 0) is 11.2 Å². The number of ketones is 1. The van der Waals surface area contributed by atoms with Crippen LogP contribution in [0.2, 0.25) is 0 Å². The molecule has 54 heavy (non-hydrogen) atoms. The van der Waals surface area contributed by atoms with Crippen molar-refractivity contribution < 1.29 is 9.18 Å². The maximum atomic E-state index is 13.2. The molecule has 0 bridgehead atoms.